The molecule has 2 aliphatic carbocycles. The van der Waals surface area contributed by atoms with E-state index < -0.39 is 6.09 Å². The zero-order valence-corrected chi connectivity index (χ0v) is 13.6. The second-order valence-corrected chi connectivity index (χ2v) is 6.66. The fourth-order valence-corrected chi connectivity index (χ4v) is 3.20. The third-order valence-electron chi connectivity index (χ3n) is 4.81. The first kappa shape index (κ1) is 16.7. The van der Waals surface area contributed by atoms with Gasteiger partial charge in [-0.3, -0.25) is 10.1 Å². The average Bonchev–Trinajstić information content (AvgIpc) is 2.48. The summed E-state index contributed by atoms with van der Waals surface area (Å²) in [5.41, 5.74) is 0.493. The van der Waals surface area contributed by atoms with Crippen molar-refractivity contribution in [1.29, 1.82) is 0 Å². The fourth-order valence-electron chi connectivity index (χ4n) is 3.20. The monoisotopic (exact) mass is 334 g/mol. The van der Waals surface area contributed by atoms with Crippen molar-refractivity contribution in [2.75, 3.05) is 5.32 Å². The number of nitrogens with one attached hydrogen (secondary N) is 2. The summed E-state index contributed by atoms with van der Waals surface area (Å²) >= 11 is 0. The summed E-state index contributed by atoms with van der Waals surface area (Å²) < 4.78 is 18.3. The van der Waals surface area contributed by atoms with Gasteiger partial charge in [0.25, 0.3) is 0 Å². The SMILES string of the molecule is O=C(Nc1ccc(F)cc1)OC1CCCC(NC(=O)C2CCC2)C1. The molecule has 130 valence electrons. The lowest BCUT2D eigenvalue weighted by Crippen LogP contribution is -2.44. The molecule has 2 amide bonds. The predicted octanol–water partition coefficient (Wildman–Crippen LogP) is 3.60. The Morgan fingerprint density at radius 1 is 1.04 bits per heavy atom. The van der Waals surface area contributed by atoms with E-state index in [1.165, 1.54) is 24.3 Å². The van der Waals surface area contributed by atoms with Gasteiger partial charge in [0.2, 0.25) is 5.91 Å². The summed E-state index contributed by atoms with van der Waals surface area (Å²) in [6.45, 7) is 0. The molecule has 1 aromatic rings. The van der Waals surface area contributed by atoms with Crippen LogP contribution in [0.4, 0.5) is 14.9 Å². The summed E-state index contributed by atoms with van der Waals surface area (Å²) in [4.78, 5) is 24.0. The van der Waals surface area contributed by atoms with Crippen LogP contribution in [0, 0.1) is 11.7 Å². The number of rotatable bonds is 4. The van der Waals surface area contributed by atoms with Crippen molar-refractivity contribution in [2.24, 2.45) is 5.92 Å². The molecule has 0 aliphatic heterocycles. The number of carbonyl (C=O) groups is 2. The number of benzene rings is 1. The molecule has 1 aromatic carbocycles. The van der Waals surface area contributed by atoms with E-state index in [2.05, 4.69) is 10.6 Å². The second-order valence-electron chi connectivity index (χ2n) is 6.66. The van der Waals surface area contributed by atoms with Crippen molar-refractivity contribution in [3.8, 4) is 0 Å². The van der Waals surface area contributed by atoms with Crippen molar-refractivity contribution in [2.45, 2.75) is 57.1 Å². The van der Waals surface area contributed by atoms with Crippen LogP contribution in [-0.2, 0) is 9.53 Å². The minimum absolute atomic E-state index is 0.0791. The van der Waals surface area contributed by atoms with Crippen LogP contribution < -0.4 is 10.6 Å². The lowest BCUT2D eigenvalue weighted by Gasteiger charge is -2.32. The molecule has 0 saturated heterocycles. The van der Waals surface area contributed by atoms with E-state index in [1.54, 1.807) is 0 Å². The molecule has 3 rings (SSSR count). The van der Waals surface area contributed by atoms with E-state index in [1.807, 2.05) is 0 Å². The Morgan fingerprint density at radius 3 is 2.42 bits per heavy atom. The predicted molar refractivity (Wildman–Crippen MR) is 88.0 cm³/mol. The highest BCUT2D eigenvalue weighted by Gasteiger charge is 2.30. The topological polar surface area (TPSA) is 67.4 Å². The average molecular weight is 334 g/mol. The molecule has 24 heavy (non-hydrogen) atoms. The van der Waals surface area contributed by atoms with E-state index in [9.17, 15) is 14.0 Å². The Labute approximate surface area is 141 Å². The molecule has 2 N–H and O–H groups in total. The minimum atomic E-state index is -0.544. The van der Waals surface area contributed by atoms with E-state index in [0.717, 1.165) is 38.5 Å². The zero-order chi connectivity index (χ0) is 16.9. The van der Waals surface area contributed by atoms with Gasteiger partial charge in [-0.05, 0) is 56.4 Å². The first-order chi connectivity index (χ1) is 11.6. The molecule has 2 fully saturated rings. The lowest BCUT2D eigenvalue weighted by molar-refractivity contribution is -0.128. The number of anilines is 1. The van der Waals surface area contributed by atoms with Gasteiger partial charge in [-0.2, -0.15) is 0 Å². The molecule has 2 atom stereocenters. The largest absolute Gasteiger partial charge is 0.446 e. The Balaban J connectivity index is 1.44. The number of hydrogen-bond donors (Lipinski definition) is 2. The summed E-state index contributed by atoms with van der Waals surface area (Å²) in [5.74, 6) is -0.0398. The molecule has 0 spiro atoms. The summed E-state index contributed by atoms with van der Waals surface area (Å²) in [5, 5.41) is 5.68. The van der Waals surface area contributed by atoms with Crippen molar-refractivity contribution in [3.63, 3.8) is 0 Å². The maximum Gasteiger partial charge on any atom is 0.411 e. The maximum atomic E-state index is 12.9. The quantitative estimate of drug-likeness (QED) is 0.884. The Kier molecular flexibility index (Phi) is 5.33. The summed E-state index contributed by atoms with van der Waals surface area (Å²) in [7, 11) is 0. The van der Waals surface area contributed by atoms with Crippen LogP contribution in [-0.4, -0.2) is 24.1 Å². The molecule has 0 bridgehead atoms. The summed E-state index contributed by atoms with van der Waals surface area (Å²) in [6, 6.07) is 5.61. The molecule has 0 radical (unpaired) electrons. The fraction of sp³-hybridized carbons (Fsp3) is 0.556. The van der Waals surface area contributed by atoms with Gasteiger partial charge in [-0.15, -0.1) is 0 Å². The van der Waals surface area contributed by atoms with Gasteiger partial charge in [0.1, 0.15) is 11.9 Å². The number of halogens is 1. The zero-order valence-electron chi connectivity index (χ0n) is 13.6. The van der Waals surface area contributed by atoms with E-state index >= 15 is 0 Å². The molecule has 5 nitrogen and oxygen atoms in total. The van der Waals surface area contributed by atoms with Crippen LogP contribution in [0.2, 0.25) is 0 Å². The summed E-state index contributed by atoms with van der Waals surface area (Å²) in [6.07, 6.45) is 5.66. The molecule has 0 aromatic heterocycles. The van der Waals surface area contributed by atoms with Gasteiger partial charge in [-0.1, -0.05) is 6.42 Å². The Bertz CT molecular complexity index is 586. The molecular weight excluding hydrogens is 311 g/mol. The van der Waals surface area contributed by atoms with E-state index in [-0.39, 0.29) is 29.8 Å². The maximum absolute atomic E-state index is 12.9. The highest BCUT2D eigenvalue weighted by Crippen LogP contribution is 2.28. The number of hydrogen-bond acceptors (Lipinski definition) is 3. The van der Waals surface area contributed by atoms with Crippen molar-refractivity contribution >= 4 is 17.7 Å². The third kappa shape index (κ3) is 4.46. The van der Waals surface area contributed by atoms with Crippen molar-refractivity contribution < 1.29 is 18.7 Å². The van der Waals surface area contributed by atoms with Gasteiger partial charge < -0.3 is 10.1 Å². The normalized spacial score (nSPS) is 23.9. The van der Waals surface area contributed by atoms with Gasteiger partial charge in [0.15, 0.2) is 0 Å². The molecule has 2 unspecified atom stereocenters. The van der Waals surface area contributed by atoms with E-state index in [4.69, 9.17) is 4.74 Å². The second kappa shape index (κ2) is 7.64. The standard InChI is InChI=1S/C18H23FN2O3/c19-13-7-9-14(10-8-13)21-18(23)24-16-6-2-5-15(11-16)20-17(22)12-3-1-4-12/h7-10,12,15-16H,1-6,11H2,(H,20,22)(H,21,23). The van der Waals surface area contributed by atoms with E-state index in [0.29, 0.717) is 12.1 Å². The van der Waals surface area contributed by atoms with Gasteiger partial charge in [0, 0.05) is 24.1 Å². The smallest absolute Gasteiger partial charge is 0.411 e. The Hall–Kier alpha value is -2.11. The van der Waals surface area contributed by atoms with Crippen LogP contribution in [0.25, 0.3) is 0 Å². The van der Waals surface area contributed by atoms with Crippen LogP contribution >= 0.6 is 0 Å². The van der Waals surface area contributed by atoms with Crippen LogP contribution in [0.1, 0.15) is 44.9 Å². The molecular formula is C18H23FN2O3. The molecule has 6 heteroatoms. The number of carbonyl (C=O) groups excluding carboxylic acids is 2. The van der Waals surface area contributed by atoms with Gasteiger partial charge in [0.05, 0.1) is 0 Å². The van der Waals surface area contributed by atoms with Crippen molar-refractivity contribution in [3.05, 3.63) is 30.1 Å². The van der Waals surface area contributed by atoms with Crippen LogP contribution in [0.5, 0.6) is 0 Å². The van der Waals surface area contributed by atoms with Gasteiger partial charge >= 0.3 is 6.09 Å². The first-order valence-corrected chi connectivity index (χ1v) is 8.64. The minimum Gasteiger partial charge on any atom is -0.446 e. The first-order valence-electron chi connectivity index (χ1n) is 8.64. The van der Waals surface area contributed by atoms with Crippen LogP contribution in [0.3, 0.4) is 0 Å². The number of ether oxygens (including phenoxy) is 1. The highest BCUT2D eigenvalue weighted by molar-refractivity contribution is 5.84. The Morgan fingerprint density at radius 2 is 1.75 bits per heavy atom. The molecule has 2 saturated carbocycles. The lowest BCUT2D eigenvalue weighted by atomic mass is 9.84. The van der Waals surface area contributed by atoms with Crippen LogP contribution in [0.15, 0.2) is 24.3 Å². The highest BCUT2D eigenvalue weighted by atomic mass is 19.1. The number of amides is 2. The third-order valence-corrected chi connectivity index (χ3v) is 4.81. The molecule has 0 heterocycles. The van der Waals surface area contributed by atoms with Crippen molar-refractivity contribution in [1.82, 2.24) is 5.32 Å². The molecule has 2 aliphatic rings. The van der Waals surface area contributed by atoms with Gasteiger partial charge in [-0.25, -0.2) is 9.18 Å².